The lowest BCUT2D eigenvalue weighted by Crippen LogP contribution is -2.11. The van der Waals surface area contributed by atoms with Crippen molar-refractivity contribution in [2.45, 2.75) is 0 Å². The number of carbonyl (C=O) groups excluding carboxylic acids is 1. The number of aromatic amines is 1. The van der Waals surface area contributed by atoms with Gasteiger partial charge in [-0.3, -0.25) is 4.79 Å². The predicted molar refractivity (Wildman–Crippen MR) is 71.9 cm³/mol. The minimum atomic E-state index is -0.996. The number of carboxylic acids is 1. The van der Waals surface area contributed by atoms with E-state index in [9.17, 15) is 9.59 Å². The molecule has 2 aromatic rings. The summed E-state index contributed by atoms with van der Waals surface area (Å²) >= 11 is 0. The number of benzene rings is 1. The summed E-state index contributed by atoms with van der Waals surface area (Å²) in [4.78, 5) is 24.9. The molecule has 1 heterocycles. The molecule has 0 aliphatic carbocycles. The van der Waals surface area contributed by atoms with Crippen LogP contribution in [0, 0.1) is 0 Å². The molecule has 96 valence electrons. The maximum Gasteiger partial charge on any atom is 0.328 e. The molecule has 5 heteroatoms. The summed E-state index contributed by atoms with van der Waals surface area (Å²) in [6, 6.07) is 10.3. The molecule has 0 fully saturated rings. The van der Waals surface area contributed by atoms with Gasteiger partial charge in [-0.25, -0.2) is 4.79 Å². The van der Waals surface area contributed by atoms with Crippen LogP contribution in [0.15, 0.2) is 48.7 Å². The number of hydrogen-bond acceptors (Lipinski definition) is 2. The van der Waals surface area contributed by atoms with Gasteiger partial charge in [0, 0.05) is 18.0 Å². The Morgan fingerprint density at radius 2 is 1.89 bits per heavy atom. The molecule has 1 amide bonds. The van der Waals surface area contributed by atoms with Gasteiger partial charge in [-0.15, -0.1) is 0 Å². The van der Waals surface area contributed by atoms with Crippen LogP contribution in [0.5, 0.6) is 0 Å². The third kappa shape index (κ3) is 3.57. The number of aromatic nitrogens is 1. The van der Waals surface area contributed by atoms with E-state index in [0.29, 0.717) is 11.4 Å². The zero-order valence-electron chi connectivity index (χ0n) is 9.96. The number of rotatable bonds is 4. The van der Waals surface area contributed by atoms with Crippen LogP contribution < -0.4 is 5.32 Å². The second kappa shape index (κ2) is 5.68. The normalized spacial score (nSPS) is 10.5. The van der Waals surface area contributed by atoms with Crippen molar-refractivity contribution in [3.05, 3.63) is 59.9 Å². The Morgan fingerprint density at radius 3 is 2.47 bits per heavy atom. The Bertz CT molecular complexity index is 598. The largest absolute Gasteiger partial charge is 0.478 e. The summed E-state index contributed by atoms with van der Waals surface area (Å²) in [5.41, 5.74) is 1.88. The summed E-state index contributed by atoms with van der Waals surface area (Å²) in [5.74, 6) is -1.22. The van der Waals surface area contributed by atoms with Crippen molar-refractivity contribution >= 4 is 23.6 Å². The van der Waals surface area contributed by atoms with E-state index in [1.54, 1.807) is 42.6 Å². The zero-order chi connectivity index (χ0) is 13.7. The standard InChI is InChI=1S/C14H12N2O3/c17-13(18)8-5-10-3-6-11(7-4-10)16-14(19)12-2-1-9-15-12/h1-9,15H,(H,16,19)(H,17,18)/b8-5+. The quantitative estimate of drug-likeness (QED) is 0.734. The average Bonchev–Trinajstić information content (AvgIpc) is 2.92. The van der Waals surface area contributed by atoms with Gasteiger partial charge in [-0.05, 0) is 35.9 Å². The number of nitrogens with one attached hydrogen (secondary N) is 2. The Hall–Kier alpha value is -2.82. The van der Waals surface area contributed by atoms with Gasteiger partial charge in [0.1, 0.15) is 5.69 Å². The lowest BCUT2D eigenvalue weighted by Gasteiger charge is -2.03. The molecule has 0 bridgehead atoms. The third-order valence-corrected chi connectivity index (χ3v) is 2.43. The Labute approximate surface area is 109 Å². The Morgan fingerprint density at radius 1 is 1.16 bits per heavy atom. The van der Waals surface area contributed by atoms with E-state index in [0.717, 1.165) is 11.6 Å². The van der Waals surface area contributed by atoms with Crippen LogP contribution in [0.2, 0.25) is 0 Å². The highest BCUT2D eigenvalue weighted by atomic mass is 16.4. The molecular formula is C14H12N2O3. The SMILES string of the molecule is O=C(O)/C=C/c1ccc(NC(=O)c2ccc[nH]2)cc1. The molecule has 0 saturated heterocycles. The molecule has 0 radical (unpaired) electrons. The van der Waals surface area contributed by atoms with Gasteiger partial charge in [0.2, 0.25) is 0 Å². The molecule has 5 nitrogen and oxygen atoms in total. The first kappa shape index (κ1) is 12.6. The fourth-order valence-corrected chi connectivity index (χ4v) is 1.52. The van der Waals surface area contributed by atoms with E-state index < -0.39 is 5.97 Å². The van der Waals surface area contributed by atoms with Gasteiger partial charge in [-0.2, -0.15) is 0 Å². The van der Waals surface area contributed by atoms with E-state index in [1.165, 1.54) is 6.08 Å². The van der Waals surface area contributed by atoms with Gasteiger partial charge >= 0.3 is 5.97 Å². The molecule has 19 heavy (non-hydrogen) atoms. The fourth-order valence-electron chi connectivity index (χ4n) is 1.52. The lowest BCUT2D eigenvalue weighted by atomic mass is 10.2. The lowest BCUT2D eigenvalue weighted by molar-refractivity contribution is -0.131. The van der Waals surface area contributed by atoms with E-state index in [1.807, 2.05) is 0 Å². The van der Waals surface area contributed by atoms with Gasteiger partial charge in [-0.1, -0.05) is 12.1 Å². The highest BCUT2D eigenvalue weighted by Crippen LogP contribution is 2.12. The van der Waals surface area contributed by atoms with Crippen LogP contribution in [0.1, 0.15) is 16.1 Å². The number of aliphatic carboxylic acids is 1. The number of hydrogen-bond donors (Lipinski definition) is 3. The molecule has 0 aliphatic rings. The van der Waals surface area contributed by atoms with Crippen molar-refractivity contribution in [1.29, 1.82) is 0 Å². The summed E-state index contributed by atoms with van der Waals surface area (Å²) in [6.07, 6.45) is 4.22. The zero-order valence-corrected chi connectivity index (χ0v) is 9.96. The van der Waals surface area contributed by atoms with Gasteiger partial charge in [0.15, 0.2) is 0 Å². The summed E-state index contributed by atoms with van der Waals surface area (Å²) in [5, 5.41) is 11.2. The Balaban J connectivity index is 2.03. The van der Waals surface area contributed by atoms with E-state index in [-0.39, 0.29) is 5.91 Å². The first-order valence-corrected chi connectivity index (χ1v) is 5.61. The topological polar surface area (TPSA) is 82.2 Å². The summed E-state index contributed by atoms with van der Waals surface area (Å²) in [7, 11) is 0. The number of amides is 1. The van der Waals surface area contributed by atoms with Crippen LogP contribution in [-0.4, -0.2) is 22.0 Å². The molecule has 0 atom stereocenters. The molecule has 0 aliphatic heterocycles. The van der Waals surface area contributed by atoms with E-state index in [4.69, 9.17) is 5.11 Å². The molecule has 1 aromatic heterocycles. The minimum Gasteiger partial charge on any atom is -0.478 e. The maximum atomic E-state index is 11.7. The molecule has 2 rings (SSSR count). The molecule has 0 unspecified atom stereocenters. The monoisotopic (exact) mass is 256 g/mol. The van der Waals surface area contributed by atoms with Crippen molar-refractivity contribution in [3.8, 4) is 0 Å². The van der Waals surface area contributed by atoms with Crippen molar-refractivity contribution in [2.24, 2.45) is 0 Å². The molecular weight excluding hydrogens is 244 g/mol. The van der Waals surface area contributed by atoms with Crippen LogP contribution in [-0.2, 0) is 4.79 Å². The number of anilines is 1. The third-order valence-electron chi connectivity index (χ3n) is 2.43. The van der Waals surface area contributed by atoms with Crippen molar-refractivity contribution in [1.82, 2.24) is 4.98 Å². The predicted octanol–water partition coefficient (Wildman–Crippen LogP) is 2.36. The minimum absolute atomic E-state index is 0.223. The highest BCUT2D eigenvalue weighted by Gasteiger charge is 2.05. The molecule has 1 aromatic carbocycles. The molecule has 0 saturated carbocycles. The smallest absolute Gasteiger partial charge is 0.328 e. The second-order valence-corrected chi connectivity index (χ2v) is 3.83. The first-order chi connectivity index (χ1) is 9.15. The van der Waals surface area contributed by atoms with Gasteiger partial charge < -0.3 is 15.4 Å². The summed E-state index contributed by atoms with van der Waals surface area (Å²) in [6.45, 7) is 0. The van der Waals surface area contributed by atoms with E-state index in [2.05, 4.69) is 10.3 Å². The van der Waals surface area contributed by atoms with Crippen molar-refractivity contribution in [3.63, 3.8) is 0 Å². The highest BCUT2D eigenvalue weighted by molar-refractivity contribution is 6.02. The van der Waals surface area contributed by atoms with Crippen LogP contribution >= 0.6 is 0 Å². The van der Waals surface area contributed by atoms with Gasteiger partial charge in [0.05, 0.1) is 0 Å². The van der Waals surface area contributed by atoms with Gasteiger partial charge in [0.25, 0.3) is 5.91 Å². The maximum absolute atomic E-state index is 11.7. The van der Waals surface area contributed by atoms with Crippen LogP contribution in [0.25, 0.3) is 6.08 Å². The first-order valence-electron chi connectivity index (χ1n) is 5.61. The second-order valence-electron chi connectivity index (χ2n) is 3.83. The average molecular weight is 256 g/mol. The molecule has 3 N–H and O–H groups in total. The number of H-pyrrole nitrogens is 1. The Kier molecular flexibility index (Phi) is 3.78. The number of carbonyl (C=O) groups is 2. The van der Waals surface area contributed by atoms with Crippen LogP contribution in [0.4, 0.5) is 5.69 Å². The van der Waals surface area contributed by atoms with Crippen molar-refractivity contribution < 1.29 is 14.7 Å². The summed E-state index contributed by atoms with van der Waals surface area (Å²) < 4.78 is 0. The van der Waals surface area contributed by atoms with E-state index >= 15 is 0 Å². The van der Waals surface area contributed by atoms with Crippen molar-refractivity contribution in [2.75, 3.05) is 5.32 Å². The number of carboxylic acid groups (broad SMARTS) is 1. The fraction of sp³-hybridized carbons (Fsp3) is 0. The van der Waals surface area contributed by atoms with Crippen LogP contribution in [0.3, 0.4) is 0 Å². The molecule has 0 spiro atoms.